The van der Waals surface area contributed by atoms with Gasteiger partial charge in [-0.25, -0.2) is 4.98 Å². The van der Waals surface area contributed by atoms with E-state index >= 15 is 0 Å². The average molecular weight is 381 g/mol. The largest absolute Gasteiger partial charge is 0.335 e. The Bertz CT molecular complexity index is 650. The number of rotatable bonds is 2. The van der Waals surface area contributed by atoms with Crippen molar-refractivity contribution in [2.24, 2.45) is 5.92 Å². The predicted molar refractivity (Wildman–Crippen MR) is 86.6 cm³/mol. The number of anilines is 1. The molecule has 0 radical (unpaired) electrons. The lowest BCUT2D eigenvalue weighted by atomic mass is 9.96. The van der Waals surface area contributed by atoms with Crippen molar-refractivity contribution in [3.05, 3.63) is 45.6 Å². The Labute approximate surface area is 131 Å². The molecule has 1 atom stereocenters. The third-order valence-corrected chi connectivity index (χ3v) is 4.44. The molecule has 0 bridgehead atoms. The summed E-state index contributed by atoms with van der Waals surface area (Å²) in [7, 11) is 0. The molecule has 1 amide bonds. The molecule has 20 heavy (non-hydrogen) atoms. The van der Waals surface area contributed by atoms with E-state index in [0.717, 1.165) is 36.5 Å². The van der Waals surface area contributed by atoms with Crippen molar-refractivity contribution in [1.29, 1.82) is 0 Å². The summed E-state index contributed by atoms with van der Waals surface area (Å²) in [5.74, 6) is 1.13. The smallest absolute Gasteiger partial charge is 0.228 e. The van der Waals surface area contributed by atoms with Gasteiger partial charge in [0, 0.05) is 40.5 Å². The van der Waals surface area contributed by atoms with Crippen LogP contribution in [0.25, 0.3) is 0 Å². The first-order valence-corrected chi connectivity index (χ1v) is 7.78. The summed E-state index contributed by atoms with van der Waals surface area (Å²) in [4.78, 5) is 16.7. The highest BCUT2D eigenvalue weighted by atomic mass is 127. The van der Waals surface area contributed by atoms with Crippen LogP contribution in [0, 0.1) is 16.4 Å². The number of amides is 1. The highest BCUT2D eigenvalue weighted by Gasteiger charge is 2.25. The molecule has 3 rings (SSSR count). The molecule has 2 aromatic rings. The monoisotopic (exact) mass is 381 g/mol. The maximum absolute atomic E-state index is 12.4. The number of hydrogen-bond donors (Lipinski definition) is 1. The Hall–Kier alpha value is -1.37. The van der Waals surface area contributed by atoms with Crippen molar-refractivity contribution >= 4 is 34.2 Å². The van der Waals surface area contributed by atoms with Gasteiger partial charge in [0.25, 0.3) is 0 Å². The van der Waals surface area contributed by atoms with Crippen molar-refractivity contribution in [3.63, 3.8) is 0 Å². The van der Waals surface area contributed by atoms with Gasteiger partial charge in [0.05, 0.1) is 0 Å². The summed E-state index contributed by atoms with van der Waals surface area (Å²) >= 11 is 2.27. The number of halogens is 1. The number of nitrogens with one attached hydrogen (secondary N) is 1. The van der Waals surface area contributed by atoms with Gasteiger partial charge in [-0.2, -0.15) is 0 Å². The van der Waals surface area contributed by atoms with Crippen molar-refractivity contribution < 1.29 is 4.79 Å². The first-order valence-electron chi connectivity index (χ1n) is 6.70. The fourth-order valence-electron chi connectivity index (χ4n) is 2.58. The second kappa shape index (κ2) is 5.55. The van der Waals surface area contributed by atoms with Crippen LogP contribution < -0.4 is 5.32 Å². The van der Waals surface area contributed by atoms with E-state index in [1.165, 1.54) is 3.57 Å². The van der Waals surface area contributed by atoms with E-state index in [4.69, 9.17) is 0 Å². The van der Waals surface area contributed by atoms with Crippen molar-refractivity contribution in [2.45, 2.75) is 26.3 Å². The summed E-state index contributed by atoms with van der Waals surface area (Å²) in [6.07, 6.45) is 5.38. The zero-order valence-electron chi connectivity index (χ0n) is 11.3. The zero-order valence-corrected chi connectivity index (χ0v) is 13.4. The molecule has 5 heteroatoms. The summed E-state index contributed by atoms with van der Waals surface area (Å²) < 4.78 is 3.30. The van der Waals surface area contributed by atoms with Crippen LogP contribution in [-0.4, -0.2) is 15.5 Å². The Kier molecular flexibility index (Phi) is 3.78. The second-order valence-corrected chi connectivity index (χ2v) is 6.42. The minimum Gasteiger partial charge on any atom is -0.335 e. The zero-order chi connectivity index (χ0) is 14.1. The number of aromatic nitrogens is 2. The Balaban J connectivity index is 1.71. The Morgan fingerprint density at radius 1 is 1.50 bits per heavy atom. The lowest BCUT2D eigenvalue weighted by molar-refractivity contribution is -0.120. The standard InChI is InChI=1S/C15H16IN3O/c1-10-8-12(16)2-3-13(10)18-15(20)11-4-6-19-7-5-17-14(19)9-11/h2-3,5,7-8,11H,4,6,9H2,1H3,(H,18,20). The topological polar surface area (TPSA) is 46.9 Å². The molecule has 1 unspecified atom stereocenters. The summed E-state index contributed by atoms with van der Waals surface area (Å²) in [5.41, 5.74) is 2.01. The second-order valence-electron chi connectivity index (χ2n) is 5.18. The highest BCUT2D eigenvalue weighted by Crippen LogP contribution is 2.23. The van der Waals surface area contributed by atoms with Crippen LogP contribution >= 0.6 is 22.6 Å². The van der Waals surface area contributed by atoms with Crippen LogP contribution in [-0.2, 0) is 17.8 Å². The van der Waals surface area contributed by atoms with Gasteiger partial charge in [0.2, 0.25) is 5.91 Å². The van der Waals surface area contributed by atoms with Crippen LogP contribution in [0.4, 0.5) is 5.69 Å². The molecule has 0 saturated heterocycles. The molecule has 0 saturated carbocycles. The number of carbonyl (C=O) groups excluding carboxylic acids is 1. The van der Waals surface area contributed by atoms with Gasteiger partial charge in [-0.15, -0.1) is 0 Å². The number of hydrogen-bond acceptors (Lipinski definition) is 2. The maximum atomic E-state index is 12.4. The molecule has 1 aliphatic rings. The number of nitrogens with zero attached hydrogens (tertiary/aromatic N) is 2. The summed E-state index contributed by atoms with van der Waals surface area (Å²) in [6.45, 7) is 2.89. The number of benzene rings is 1. The normalized spacial score (nSPS) is 17.6. The van der Waals surface area contributed by atoms with Gasteiger partial charge in [-0.3, -0.25) is 4.79 Å². The third-order valence-electron chi connectivity index (χ3n) is 3.77. The van der Waals surface area contributed by atoms with E-state index in [0.29, 0.717) is 0 Å². The molecule has 0 fully saturated rings. The molecule has 1 aromatic heterocycles. The van der Waals surface area contributed by atoms with Gasteiger partial charge < -0.3 is 9.88 Å². The van der Waals surface area contributed by atoms with E-state index in [1.54, 1.807) is 6.20 Å². The average Bonchev–Trinajstić information content (AvgIpc) is 2.89. The van der Waals surface area contributed by atoms with Gasteiger partial charge in [0.15, 0.2) is 0 Å². The number of imidazole rings is 1. The molecule has 0 spiro atoms. The van der Waals surface area contributed by atoms with Gasteiger partial charge >= 0.3 is 0 Å². The molecule has 2 heterocycles. The van der Waals surface area contributed by atoms with E-state index < -0.39 is 0 Å². The summed E-state index contributed by atoms with van der Waals surface area (Å²) in [6, 6.07) is 6.05. The minimum atomic E-state index is 0.0172. The SMILES string of the molecule is Cc1cc(I)ccc1NC(=O)C1CCn2ccnc2C1. The highest BCUT2D eigenvalue weighted by molar-refractivity contribution is 14.1. The first kappa shape index (κ1) is 13.6. The fraction of sp³-hybridized carbons (Fsp3) is 0.333. The molecule has 104 valence electrons. The molecule has 1 aromatic carbocycles. The maximum Gasteiger partial charge on any atom is 0.228 e. The minimum absolute atomic E-state index is 0.0172. The van der Waals surface area contributed by atoms with Crippen LogP contribution in [0.3, 0.4) is 0 Å². The van der Waals surface area contributed by atoms with Crippen molar-refractivity contribution in [2.75, 3.05) is 5.32 Å². The number of fused-ring (bicyclic) bond motifs is 1. The molecule has 1 aliphatic heterocycles. The molecule has 4 nitrogen and oxygen atoms in total. The predicted octanol–water partition coefficient (Wildman–Crippen LogP) is 3.00. The first-order chi connectivity index (χ1) is 9.63. The van der Waals surface area contributed by atoms with E-state index in [-0.39, 0.29) is 11.8 Å². The number of carbonyl (C=O) groups is 1. The quantitative estimate of drug-likeness (QED) is 0.814. The van der Waals surface area contributed by atoms with Crippen LogP contribution in [0.5, 0.6) is 0 Å². The fourth-order valence-corrected chi connectivity index (χ4v) is 3.22. The number of aryl methyl sites for hydroxylation is 2. The summed E-state index contributed by atoms with van der Waals surface area (Å²) in [5, 5.41) is 3.05. The lowest BCUT2D eigenvalue weighted by Crippen LogP contribution is -2.30. The van der Waals surface area contributed by atoms with Crippen molar-refractivity contribution in [3.8, 4) is 0 Å². The van der Waals surface area contributed by atoms with E-state index in [1.807, 2.05) is 25.3 Å². The molecule has 1 N–H and O–H groups in total. The Morgan fingerprint density at radius 3 is 3.15 bits per heavy atom. The Morgan fingerprint density at radius 2 is 2.35 bits per heavy atom. The van der Waals surface area contributed by atoms with Crippen LogP contribution in [0.1, 0.15) is 17.8 Å². The van der Waals surface area contributed by atoms with E-state index in [9.17, 15) is 4.79 Å². The third kappa shape index (κ3) is 2.72. The van der Waals surface area contributed by atoms with Gasteiger partial charge in [-0.1, -0.05) is 0 Å². The van der Waals surface area contributed by atoms with Crippen LogP contribution in [0.15, 0.2) is 30.6 Å². The molecular weight excluding hydrogens is 365 g/mol. The molecular formula is C15H16IN3O. The van der Waals surface area contributed by atoms with Gasteiger partial charge in [-0.05, 0) is 59.7 Å². The lowest BCUT2D eigenvalue weighted by Gasteiger charge is -2.23. The van der Waals surface area contributed by atoms with Gasteiger partial charge in [0.1, 0.15) is 5.82 Å². The van der Waals surface area contributed by atoms with Crippen LogP contribution in [0.2, 0.25) is 0 Å². The van der Waals surface area contributed by atoms with E-state index in [2.05, 4.69) is 43.5 Å². The van der Waals surface area contributed by atoms with Crippen molar-refractivity contribution in [1.82, 2.24) is 9.55 Å². The molecule has 0 aliphatic carbocycles.